The maximum absolute atomic E-state index is 13.0. The quantitative estimate of drug-likeness (QED) is 0.771. The van der Waals surface area contributed by atoms with E-state index in [0.717, 1.165) is 5.92 Å². The molecule has 126 valence electrons. The van der Waals surface area contributed by atoms with Crippen LogP contribution in [0.2, 0.25) is 0 Å². The van der Waals surface area contributed by atoms with Gasteiger partial charge >= 0.3 is 0 Å². The van der Waals surface area contributed by atoms with Crippen LogP contribution >= 0.6 is 0 Å². The third kappa shape index (κ3) is 4.04. The monoisotopic (exact) mass is 306 g/mol. The molecule has 2 unspecified atom stereocenters. The lowest BCUT2D eigenvalue weighted by molar-refractivity contribution is -0.139. The van der Waals surface area contributed by atoms with Crippen LogP contribution in [0.15, 0.2) is 0 Å². The van der Waals surface area contributed by atoms with E-state index in [1.165, 1.54) is 70.8 Å². The molecule has 1 saturated heterocycles. The summed E-state index contributed by atoms with van der Waals surface area (Å²) in [6.45, 7) is 6.32. The summed E-state index contributed by atoms with van der Waals surface area (Å²) in [4.78, 5) is 17.7. The van der Waals surface area contributed by atoms with E-state index in [1.807, 2.05) is 0 Å². The van der Waals surface area contributed by atoms with Gasteiger partial charge in [-0.25, -0.2) is 0 Å². The number of nitrogens with zero attached hydrogens (tertiary/aromatic N) is 2. The molecule has 2 saturated carbocycles. The van der Waals surface area contributed by atoms with Gasteiger partial charge in [-0.2, -0.15) is 0 Å². The normalized spacial score (nSPS) is 30.8. The van der Waals surface area contributed by atoms with Crippen molar-refractivity contribution in [3.63, 3.8) is 0 Å². The second-order valence-electron chi connectivity index (χ2n) is 8.09. The Morgan fingerprint density at radius 3 is 2.14 bits per heavy atom. The van der Waals surface area contributed by atoms with Gasteiger partial charge in [0.1, 0.15) is 0 Å². The van der Waals surface area contributed by atoms with E-state index in [9.17, 15) is 4.79 Å². The number of amides is 1. The minimum atomic E-state index is 0.394. The standard InChI is InChI=1S/C19H34N2O/c1-15-7-6-8-16(2)21(15)19(22)14-20(13-17-11-12-17)18-9-4-3-5-10-18/h15-18H,3-14H2,1-2H3. The molecule has 0 N–H and O–H groups in total. The maximum atomic E-state index is 13.0. The molecule has 1 aliphatic heterocycles. The van der Waals surface area contributed by atoms with E-state index in [0.29, 0.717) is 30.6 Å². The summed E-state index contributed by atoms with van der Waals surface area (Å²) in [6, 6.07) is 1.55. The van der Waals surface area contributed by atoms with Crippen molar-refractivity contribution in [2.45, 2.75) is 96.2 Å². The van der Waals surface area contributed by atoms with Crippen LogP contribution in [-0.2, 0) is 4.79 Å². The van der Waals surface area contributed by atoms with Crippen molar-refractivity contribution in [3.8, 4) is 0 Å². The molecule has 2 atom stereocenters. The first-order valence-electron chi connectivity index (χ1n) is 9.70. The molecule has 2 aliphatic carbocycles. The summed E-state index contributed by atoms with van der Waals surface area (Å²) in [6.07, 6.45) is 13.1. The second kappa shape index (κ2) is 7.33. The molecule has 3 aliphatic rings. The molecule has 1 heterocycles. The zero-order valence-electron chi connectivity index (χ0n) is 14.6. The molecule has 3 nitrogen and oxygen atoms in total. The lowest BCUT2D eigenvalue weighted by Gasteiger charge is -2.41. The van der Waals surface area contributed by atoms with Gasteiger partial charge in [0.2, 0.25) is 5.91 Å². The lowest BCUT2D eigenvalue weighted by Crippen LogP contribution is -2.52. The van der Waals surface area contributed by atoms with Gasteiger partial charge in [-0.15, -0.1) is 0 Å². The third-order valence-electron chi connectivity index (χ3n) is 6.10. The van der Waals surface area contributed by atoms with Crippen LogP contribution < -0.4 is 0 Å². The topological polar surface area (TPSA) is 23.6 Å². The summed E-state index contributed by atoms with van der Waals surface area (Å²) >= 11 is 0. The van der Waals surface area contributed by atoms with E-state index in [4.69, 9.17) is 0 Å². The minimum absolute atomic E-state index is 0.394. The van der Waals surface area contributed by atoms with Crippen molar-refractivity contribution in [2.24, 2.45) is 5.92 Å². The van der Waals surface area contributed by atoms with Gasteiger partial charge < -0.3 is 4.90 Å². The first kappa shape index (κ1) is 16.3. The van der Waals surface area contributed by atoms with E-state index >= 15 is 0 Å². The first-order valence-corrected chi connectivity index (χ1v) is 9.70. The van der Waals surface area contributed by atoms with Gasteiger partial charge in [-0.3, -0.25) is 9.69 Å². The van der Waals surface area contributed by atoms with Gasteiger partial charge in [0.05, 0.1) is 6.54 Å². The van der Waals surface area contributed by atoms with Crippen LogP contribution in [-0.4, -0.2) is 46.9 Å². The molecule has 0 bridgehead atoms. The molecule has 3 heteroatoms. The predicted octanol–water partition coefficient (Wildman–Crippen LogP) is 3.82. The molecule has 0 aromatic carbocycles. The highest BCUT2D eigenvalue weighted by Crippen LogP contribution is 2.33. The number of likely N-dealkylation sites (tertiary alicyclic amines) is 1. The average molecular weight is 306 g/mol. The third-order valence-corrected chi connectivity index (χ3v) is 6.10. The Bertz CT molecular complexity index is 364. The molecule has 3 fully saturated rings. The lowest BCUT2D eigenvalue weighted by atomic mass is 9.93. The van der Waals surface area contributed by atoms with Crippen molar-refractivity contribution < 1.29 is 4.79 Å². The Morgan fingerprint density at radius 1 is 0.909 bits per heavy atom. The van der Waals surface area contributed by atoms with Crippen molar-refractivity contribution in [2.75, 3.05) is 13.1 Å². The van der Waals surface area contributed by atoms with Crippen molar-refractivity contribution in [3.05, 3.63) is 0 Å². The molecule has 22 heavy (non-hydrogen) atoms. The summed E-state index contributed by atoms with van der Waals surface area (Å²) in [5, 5.41) is 0. The molecule has 0 aromatic heterocycles. The Hall–Kier alpha value is -0.570. The number of piperidine rings is 1. The van der Waals surface area contributed by atoms with Gasteiger partial charge in [-0.05, 0) is 64.7 Å². The smallest absolute Gasteiger partial charge is 0.237 e. The van der Waals surface area contributed by atoms with Gasteiger partial charge in [0.25, 0.3) is 0 Å². The highest BCUT2D eigenvalue weighted by atomic mass is 16.2. The summed E-state index contributed by atoms with van der Waals surface area (Å²) in [5.74, 6) is 1.27. The van der Waals surface area contributed by atoms with E-state index in [2.05, 4.69) is 23.6 Å². The largest absolute Gasteiger partial charge is 0.336 e. The summed E-state index contributed by atoms with van der Waals surface area (Å²) in [7, 11) is 0. The molecular formula is C19H34N2O. The number of hydrogen-bond donors (Lipinski definition) is 0. The average Bonchev–Trinajstić information content (AvgIpc) is 3.31. The van der Waals surface area contributed by atoms with Gasteiger partial charge in [-0.1, -0.05) is 19.3 Å². The number of rotatable bonds is 5. The molecule has 3 rings (SSSR count). The Balaban J connectivity index is 1.61. The highest BCUT2D eigenvalue weighted by molar-refractivity contribution is 5.79. The van der Waals surface area contributed by atoms with Crippen molar-refractivity contribution in [1.29, 1.82) is 0 Å². The fourth-order valence-corrected chi connectivity index (χ4v) is 4.59. The second-order valence-corrected chi connectivity index (χ2v) is 8.09. The summed E-state index contributed by atoms with van der Waals surface area (Å²) < 4.78 is 0. The van der Waals surface area contributed by atoms with Crippen LogP contribution in [0.25, 0.3) is 0 Å². The van der Waals surface area contributed by atoms with Crippen LogP contribution in [0.4, 0.5) is 0 Å². The van der Waals surface area contributed by atoms with Gasteiger partial charge in [0.15, 0.2) is 0 Å². The molecule has 0 spiro atoms. The van der Waals surface area contributed by atoms with E-state index in [1.54, 1.807) is 0 Å². The molecule has 1 amide bonds. The van der Waals surface area contributed by atoms with Crippen LogP contribution in [0.3, 0.4) is 0 Å². The summed E-state index contributed by atoms with van der Waals surface area (Å²) in [5.41, 5.74) is 0. The number of hydrogen-bond acceptors (Lipinski definition) is 2. The fraction of sp³-hybridized carbons (Fsp3) is 0.947. The van der Waals surface area contributed by atoms with Crippen molar-refractivity contribution in [1.82, 2.24) is 9.80 Å². The van der Waals surface area contributed by atoms with Crippen LogP contribution in [0.5, 0.6) is 0 Å². The highest BCUT2D eigenvalue weighted by Gasteiger charge is 2.34. The molecule has 0 aromatic rings. The Kier molecular flexibility index (Phi) is 5.43. The number of carbonyl (C=O) groups excluding carboxylic acids is 1. The van der Waals surface area contributed by atoms with E-state index < -0.39 is 0 Å². The zero-order valence-corrected chi connectivity index (χ0v) is 14.6. The van der Waals surface area contributed by atoms with Crippen molar-refractivity contribution >= 4 is 5.91 Å². The Morgan fingerprint density at radius 2 is 1.55 bits per heavy atom. The SMILES string of the molecule is CC1CCCC(C)N1C(=O)CN(CC1CC1)C1CCCCC1. The molecular weight excluding hydrogens is 272 g/mol. The minimum Gasteiger partial charge on any atom is -0.336 e. The molecule has 0 radical (unpaired) electrons. The predicted molar refractivity (Wildman–Crippen MR) is 90.8 cm³/mol. The fourth-order valence-electron chi connectivity index (χ4n) is 4.59. The number of carbonyl (C=O) groups is 1. The zero-order chi connectivity index (χ0) is 15.5. The maximum Gasteiger partial charge on any atom is 0.237 e. The van der Waals surface area contributed by atoms with E-state index in [-0.39, 0.29) is 0 Å². The van der Waals surface area contributed by atoms with Gasteiger partial charge in [0, 0.05) is 24.7 Å². The Labute approximate surface area is 136 Å². The first-order chi connectivity index (χ1) is 10.6. The van der Waals surface area contributed by atoms with Crippen LogP contribution in [0, 0.1) is 5.92 Å². The van der Waals surface area contributed by atoms with Crippen LogP contribution in [0.1, 0.15) is 78.1 Å².